The molecule has 0 saturated heterocycles. The molecule has 1 aromatic rings. The van der Waals surface area contributed by atoms with Crippen molar-refractivity contribution in [3.8, 4) is 0 Å². The molecule has 1 unspecified atom stereocenters. The van der Waals surface area contributed by atoms with Crippen LogP contribution in [0.3, 0.4) is 0 Å². The van der Waals surface area contributed by atoms with E-state index >= 15 is 0 Å². The van der Waals surface area contributed by atoms with Gasteiger partial charge in [0.25, 0.3) is 0 Å². The molecule has 0 fully saturated rings. The molecule has 14 heavy (non-hydrogen) atoms. The van der Waals surface area contributed by atoms with E-state index < -0.39 is 0 Å². The summed E-state index contributed by atoms with van der Waals surface area (Å²) in [6.45, 7) is 6.39. The molecule has 0 aromatic heterocycles. The van der Waals surface area contributed by atoms with Crippen LogP contribution in [0.4, 0.5) is 0 Å². The van der Waals surface area contributed by atoms with Crippen molar-refractivity contribution in [3.05, 3.63) is 48.6 Å². The lowest BCUT2D eigenvalue weighted by molar-refractivity contribution is 0.179. The number of benzene rings is 1. The zero-order valence-electron chi connectivity index (χ0n) is 8.53. The standard InChI is InChI=1S/C12H17NO/c1-3-9-13-12(2,10-14)11-7-5-4-6-8-11/h3-8,13-14H,1,9-10H2,2H3. The second-order valence-electron chi connectivity index (χ2n) is 3.53. The third-order valence-corrected chi connectivity index (χ3v) is 2.36. The zero-order chi connectivity index (χ0) is 10.4. The van der Waals surface area contributed by atoms with Crippen molar-refractivity contribution in [3.63, 3.8) is 0 Å². The van der Waals surface area contributed by atoms with Gasteiger partial charge in [-0.2, -0.15) is 0 Å². The molecule has 1 aromatic carbocycles. The minimum Gasteiger partial charge on any atom is -0.394 e. The van der Waals surface area contributed by atoms with Crippen molar-refractivity contribution in [2.75, 3.05) is 13.2 Å². The highest BCUT2D eigenvalue weighted by molar-refractivity contribution is 5.23. The quantitative estimate of drug-likeness (QED) is 0.694. The molecule has 0 radical (unpaired) electrons. The van der Waals surface area contributed by atoms with Crippen LogP contribution < -0.4 is 5.32 Å². The average Bonchev–Trinajstić information content (AvgIpc) is 2.27. The van der Waals surface area contributed by atoms with E-state index in [1.54, 1.807) is 6.08 Å². The summed E-state index contributed by atoms with van der Waals surface area (Å²) in [5, 5.41) is 12.6. The first kappa shape index (κ1) is 11.0. The normalized spacial score (nSPS) is 14.7. The Morgan fingerprint density at radius 2 is 2.07 bits per heavy atom. The molecule has 0 bridgehead atoms. The third kappa shape index (κ3) is 2.44. The van der Waals surface area contributed by atoms with E-state index in [0.29, 0.717) is 6.54 Å². The fraction of sp³-hybridized carbons (Fsp3) is 0.333. The fourth-order valence-corrected chi connectivity index (χ4v) is 1.35. The Morgan fingerprint density at radius 1 is 1.43 bits per heavy atom. The summed E-state index contributed by atoms with van der Waals surface area (Å²) in [5.74, 6) is 0. The molecule has 0 heterocycles. The molecule has 1 atom stereocenters. The van der Waals surface area contributed by atoms with E-state index in [0.717, 1.165) is 5.56 Å². The Balaban J connectivity index is 2.84. The summed E-state index contributed by atoms with van der Waals surface area (Å²) >= 11 is 0. The number of rotatable bonds is 5. The minimum atomic E-state index is -0.380. The van der Waals surface area contributed by atoms with Gasteiger partial charge in [0.15, 0.2) is 0 Å². The monoisotopic (exact) mass is 191 g/mol. The van der Waals surface area contributed by atoms with Crippen molar-refractivity contribution in [1.82, 2.24) is 5.32 Å². The predicted octanol–water partition coefficient (Wildman–Crippen LogP) is 1.67. The SMILES string of the molecule is C=CCNC(C)(CO)c1ccccc1. The molecule has 2 N–H and O–H groups in total. The molecule has 0 saturated carbocycles. The number of hydrogen-bond donors (Lipinski definition) is 2. The fourth-order valence-electron chi connectivity index (χ4n) is 1.35. The van der Waals surface area contributed by atoms with Crippen LogP contribution in [0.2, 0.25) is 0 Å². The van der Waals surface area contributed by atoms with Crippen LogP contribution in [-0.4, -0.2) is 18.3 Å². The highest BCUT2D eigenvalue weighted by atomic mass is 16.3. The summed E-state index contributed by atoms with van der Waals surface area (Å²) in [5.41, 5.74) is 0.708. The largest absolute Gasteiger partial charge is 0.394 e. The van der Waals surface area contributed by atoms with Gasteiger partial charge in [-0.05, 0) is 12.5 Å². The lowest BCUT2D eigenvalue weighted by atomic mass is 9.93. The maximum Gasteiger partial charge on any atom is 0.0652 e. The number of hydrogen-bond acceptors (Lipinski definition) is 2. The van der Waals surface area contributed by atoms with Gasteiger partial charge in [0.1, 0.15) is 0 Å². The summed E-state index contributed by atoms with van der Waals surface area (Å²) in [7, 11) is 0. The number of nitrogens with one attached hydrogen (secondary N) is 1. The Bertz CT molecular complexity index is 284. The lowest BCUT2D eigenvalue weighted by Gasteiger charge is -2.28. The van der Waals surface area contributed by atoms with Crippen LogP contribution in [0.5, 0.6) is 0 Å². The summed E-state index contributed by atoms with van der Waals surface area (Å²) in [4.78, 5) is 0. The zero-order valence-corrected chi connectivity index (χ0v) is 8.53. The number of aliphatic hydroxyl groups excluding tert-OH is 1. The second-order valence-corrected chi connectivity index (χ2v) is 3.53. The summed E-state index contributed by atoms with van der Waals surface area (Å²) in [6.07, 6.45) is 1.79. The van der Waals surface area contributed by atoms with Crippen LogP contribution in [0.15, 0.2) is 43.0 Å². The summed E-state index contributed by atoms with van der Waals surface area (Å²) < 4.78 is 0. The van der Waals surface area contributed by atoms with Gasteiger partial charge in [0.05, 0.1) is 12.1 Å². The van der Waals surface area contributed by atoms with E-state index in [1.807, 2.05) is 37.3 Å². The van der Waals surface area contributed by atoms with Gasteiger partial charge in [-0.15, -0.1) is 6.58 Å². The van der Waals surface area contributed by atoms with E-state index in [-0.39, 0.29) is 12.1 Å². The molecule has 2 heteroatoms. The van der Waals surface area contributed by atoms with E-state index in [9.17, 15) is 5.11 Å². The maximum absolute atomic E-state index is 9.37. The van der Waals surface area contributed by atoms with Crippen molar-refractivity contribution >= 4 is 0 Å². The Labute approximate surface area is 85.3 Å². The maximum atomic E-state index is 9.37. The van der Waals surface area contributed by atoms with E-state index in [4.69, 9.17) is 0 Å². The van der Waals surface area contributed by atoms with Gasteiger partial charge in [0, 0.05) is 6.54 Å². The van der Waals surface area contributed by atoms with E-state index in [1.165, 1.54) is 0 Å². The highest BCUT2D eigenvalue weighted by Gasteiger charge is 2.23. The van der Waals surface area contributed by atoms with E-state index in [2.05, 4.69) is 11.9 Å². The van der Waals surface area contributed by atoms with Crippen LogP contribution in [0, 0.1) is 0 Å². The van der Waals surface area contributed by atoms with Gasteiger partial charge < -0.3 is 10.4 Å². The molecule has 1 rings (SSSR count). The van der Waals surface area contributed by atoms with Gasteiger partial charge in [-0.25, -0.2) is 0 Å². The molecule has 76 valence electrons. The smallest absolute Gasteiger partial charge is 0.0652 e. The van der Waals surface area contributed by atoms with Gasteiger partial charge in [0.2, 0.25) is 0 Å². The molecular formula is C12H17NO. The topological polar surface area (TPSA) is 32.3 Å². The molecule has 0 amide bonds. The van der Waals surface area contributed by atoms with Gasteiger partial charge in [-0.3, -0.25) is 0 Å². The average molecular weight is 191 g/mol. The first-order valence-corrected chi connectivity index (χ1v) is 4.75. The van der Waals surface area contributed by atoms with Gasteiger partial charge in [-0.1, -0.05) is 36.4 Å². The first-order valence-electron chi connectivity index (χ1n) is 4.75. The van der Waals surface area contributed by atoms with Crippen molar-refractivity contribution in [2.45, 2.75) is 12.5 Å². The summed E-state index contributed by atoms with van der Waals surface area (Å²) in [6, 6.07) is 9.92. The molecular weight excluding hydrogens is 174 g/mol. The molecule has 2 nitrogen and oxygen atoms in total. The third-order valence-electron chi connectivity index (χ3n) is 2.36. The predicted molar refractivity (Wildman–Crippen MR) is 59.1 cm³/mol. The van der Waals surface area contributed by atoms with Gasteiger partial charge >= 0.3 is 0 Å². The lowest BCUT2D eigenvalue weighted by Crippen LogP contribution is -2.42. The van der Waals surface area contributed by atoms with Crippen LogP contribution in [0.25, 0.3) is 0 Å². The Kier molecular flexibility index (Phi) is 3.86. The van der Waals surface area contributed by atoms with Crippen molar-refractivity contribution in [1.29, 1.82) is 0 Å². The second kappa shape index (κ2) is 4.94. The molecule has 0 spiro atoms. The number of aliphatic hydroxyl groups is 1. The van der Waals surface area contributed by atoms with Crippen LogP contribution in [-0.2, 0) is 5.54 Å². The van der Waals surface area contributed by atoms with Crippen LogP contribution >= 0.6 is 0 Å². The van der Waals surface area contributed by atoms with Crippen molar-refractivity contribution in [2.24, 2.45) is 0 Å². The molecule has 0 aliphatic heterocycles. The Morgan fingerprint density at radius 3 is 2.57 bits per heavy atom. The first-order chi connectivity index (χ1) is 6.73. The molecule has 0 aliphatic carbocycles. The van der Waals surface area contributed by atoms with Crippen LogP contribution in [0.1, 0.15) is 12.5 Å². The van der Waals surface area contributed by atoms with Crippen molar-refractivity contribution < 1.29 is 5.11 Å². The molecule has 0 aliphatic rings. The highest BCUT2D eigenvalue weighted by Crippen LogP contribution is 2.19. The minimum absolute atomic E-state index is 0.0743. The Hall–Kier alpha value is -1.12.